The first-order valence-corrected chi connectivity index (χ1v) is 8.44. The van der Waals surface area contributed by atoms with Crippen molar-refractivity contribution < 1.29 is 8.42 Å². The van der Waals surface area contributed by atoms with Crippen molar-refractivity contribution in [3.05, 3.63) is 0 Å². The Morgan fingerprint density at radius 2 is 1.72 bits per heavy atom. The third-order valence-corrected chi connectivity index (χ3v) is 5.68. The van der Waals surface area contributed by atoms with Crippen molar-refractivity contribution in [1.29, 1.82) is 0 Å². The van der Waals surface area contributed by atoms with E-state index in [2.05, 4.69) is 12.2 Å². The van der Waals surface area contributed by atoms with Gasteiger partial charge in [-0.3, -0.25) is 0 Å². The van der Waals surface area contributed by atoms with Crippen LogP contribution in [0.4, 0.5) is 0 Å². The molecule has 1 rings (SSSR count). The molecule has 0 aromatic rings. The molecule has 6 heteroatoms. The molecule has 5 nitrogen and oxygen atoms in total. The first-order chi connectivity index (χ1) is 8.56. The van der Waals surface area contributed by atoms with Crippen LogP contribution in [0.5, 0.6) is 0 Å². The smallest absolute Gasteiger partial charge is 0.281 e. The molecule has 1 N–H and O–H groups in total. The Labute approximate surface area is 112 Å². The number of nitrogens with zero attached hydrogens (tertiary/aromatic N) is 2. The lowest BCUT2D eigenvalue weighted by atomic mass is 10.1. The quantitative estimate of drug-likeness (QED) is 0.756. The number of piperidine rings is 1. The van der Waals surface area contributed by atoms with Crippen molar-refractivity contribution in [2.45, 2.75) is 46.1 Å². The predicted molar refractivity (Wildman–Crippen MR) is 74.7 cm³/mol. The molecule has 0 atom stereocenters. The maximum Gasteiger partial charge on any atom is 0.281 e. The van der Waals surface area contributed by atoms with Gasteiger partial charge in [-0.05, 0) is 25.8 Å². The molecule has 0 radical (unpaired) electrons. The first kappa shape index (κ1) is 15.9. The zero-order chi connectivity index (χ0) is 13.6. The van der Waals surface area contributed by atoms with E-state index in [9.17, 15) is 8.42 Å². The van der Waals surface area contributed by atoms with E-state index in [1.54, 1.807) is 4.31 Å². The van der Waals surface area contributed by atoms with Gasteiger partial charge in [0.15, 0.2) is 0 Å². The molecule has 0 bridgehead atoms. The first-order valence-electron chi connectivity index (χ1n) is 7.04. The molecule has 108 valence electrons. The molecule has 0 aromatic heterocycles. The Balaban J connectivity index is 2.51. The minimum atomic E-state index is -3.23. The van der Waals surface area contributed by atoms with Gasteiger partial charge in [0.1, 0.15) is 0 Å². The average Bonchev–Trinajstić information content (AvgIpc) is 2.38. The summed E-state index contributed by atoms with van der Waals surface area (Å²) in [4.78, 5) is 0. The van der Waals surface area contributed by atoms with Gasteiger partial charge in [0.05, 0.1) is 0 Å². The van der Waals surface area contributed by atoms with Crippen LogP contribution in [0.1, 0.15) is 40.0 Å². The summed E-state index contributed by atoms with van der Waals surface area (Å²) in [6, 6.07) is 0.480. The Kier molecular flexibility index (Phi) is 6.55. The summed E-state index contributed by atoms with van der Waals surface area (Å²) in [5.74, 6) is 0. The topological polar surface area (TPSA) is 52.7 Å². The van der Waals surface area contributed by atoms with Crippen LogP contribution < -0.4 is 5.32 Å². The zero-order valence-corrected chi connectivity index (χ0v) is 12.7. The van der Waals surface area contributed by atoms with Crippen molar-refractivity contribution in [2.75, 3.05) is 32.7 Å². The molecule has 0 spiro atoms. The fraction of sp³-hybridized carbons (Fsp3) is 1.00. The van der Waals surface area contributed by atoms with Gasteiger partial charge in [-0.25, -0.2) is 0 Å². The Morgan fingerprint density at radius 1 is 1.17 bits per heavy atom. The van der Waals surface area contributed by atoms with E-state index in [-0.39, 0.29) is 0 Å². The minimum Gasteiger partial charge on any atom is -0.314 e. The summed E-state index contributed by atoms with van der Waals surface area (Å²) < 4.78 is 27.8. The molecule has 1 fully saturated rings. The molecule has 1 heterocycles. The van der Waals surface area contributed by atoms with E-state index in [4.69, 9.17) is 0 Å². The predicted octanol–water partition coefficient (Wildman–Crippen LogP) is 1.04. The molecule has 1 aliphatic heterocycles. The highest BCUT2D eigenvalue weighted by atomic mass is 32.2. The molecule has 0 aromatic carbocycles. The SMILES string of the molecule is CCCNC1CCN(S(=O)(=O)N(CC)CC)CC1. The lowest BCUT2D eigenvalue weighted by molar-refractivity contribution is 0.270. The minimum absolute atomic E-state index is 0.480. The fourth-order valence-corrected chi connectivity index (χ4v) is 4.00. The normalized spacial score (nSPS) is 19.6. The number of hydrogen-bond donors (Lipinski definition) is 1. The number of rotatable bonds is 7. The summed E-state index contributed by atoms with van der Waals surface area (Å²) in [6.07, 6.45) is 2.96. The van der Waals surface area contributed by atoms with Gasteiger partial charge >= 0.3 is 0 Å². The Bertz CT molecular complexity index is 320. The maximum atomic E-state index is 12.3. The molecule has 1 aliphatic rings. The van der Waals surface area contributed by atoms with Gasteiger partial charge < -0.3 is 5.32 Å². The highest BCUT2D eigenvalue weighted by Gasteiger charge is 2.31. The van der Waals surface area contributed by atoms with Crippen molar-refractivity contribution >= 4 is 10.2 Å². The van der Waals surface area contributed by atoms with E-state index in [0.29, 0.717) is 32.2 Å². The van der Waals surface area contributed by atoms with Crippen LogP contribution in [0.15, 0.2) is 0 Å². The van der Waals surface area contributed by atoms with Crippen molar-refractivity contribution in [1.82, 2.24) is 13.9 Å². The van der Waals surface area contributed by atoms with Crippen molar-refractivity contribution in [3.8, 4) is 0 Å². The van der Waals surface area contributed by atoms with Crippen LogP contribution in [0.2, 0.25) is 0 Å². The lowest BCUT2D eigenvalue weighted by Crippen LogP contribution is -2.50. The van der Waals surface area contributed by atoms with Crippen LogP contribution in [-0.2, 0) is 10.2 Å². The highest BCUT2D eigenvalue weighted by molar-refractivity contribution is 7.86. The molecular formula is C12H27N3O2S. The summed E-state index contributed by atoms with van der Waals surface area (Å²) >= 11 is 0. The molecule has 0 saturated carbocycles. The van der Waals surface area contributed by atoms with E-state index in [1.807, 2.05) is 13.8 Å². The van der Waals surface area contributed by atoms with E-state index >= 15 is 0 Å². The van der Waals surface area contributed by atoms with Crippen LogP contribution in [0, 0.1) is 0 Å². The Hall–Kier alpha value is -0.170. The molecule has 0 aliphatic carbocycles. The number of hydrogen-bond acceptors (Lipinski definition) is 3. The molecule has 0 unspecified atom stereocenters. The molecular weight excluding hydrogens is 250 g/mol. The summed E-state index contributed by atoms with van der Waals surface area (Å²) in [5.41, 5.74) is 0. The lowest BCUT2D eigenvalue weighted by Gasteiger charge is -2.34. The number of nitrogens with one attached hydrogen (secondary N) is 1. The fourth-order valence-electron chi connectivity index (χ4n) is 2.35. The average molecular weight is 277 g/mol. The summed E-state index contributed by atoms with van der Waals surface area (Å²) in [7, 11) is -3.23. The second-order valence-electron chi connectivity index (χ2n) is 4.72. The monoisotopic (exact) mass is 277 g/mol. The van der Waals surface area contributed by atoms with Gasteiger partial charge in [-0.1, -0.05) is 20.8 Å². The van der Waals surface area contributed by atoms with Crippen molar-refractivity contribution in [3.63, 3.8) is 0 Å². The van der Waals surface area contributed by atoms with Gasteiger partial charge in [0, 0.05) is 32.2 Å². The van der Waals surface area contributed by atoms with Crippen molar-refractivity contribution in [2.24, 2.45) is 0 Å². The largest absolute Gasteiger partial charge is 0.314 e. The van der Waals surface area contributed by atoms with Gasteiger partial charge in [0.2, 0.25) is 0 Å². The van der Waals surface area contributed by atoms with E-state index in [0.717, 1.165) is 25.8 Å². The Morgan fingerprint density at radius 3 is 2.17 bits per heavy atom. The molecule has 18 heavy (non-hydrogen) atoms. The standard InChI is InChI=1S/C12H27N3O2S/c1-4-9-13-12-7-10-15(11-8-12)18(16,17)14(5-2)6-3/h12-13H,4-11H2,1-3H3. The van der Waals surface area contributed by atoms with Gasteiger partial charge in [-0.15, -0.1) is 0 Å². The summed E-state index contributed by atoms with van der Waals surface area (Å²) in [5, 5.41) is 3.47. The van der Waals surface area contributed by atoms with Crippen LogP contribution in [-0.4, -0.2) is 55.8 Å². The second kappa shape index (κ2) is 7.43. The van der Waals surface area contributed by atoms with E-state index in [1.165, 1.54) is 4.31 Å². The molecule has 1 saturated heterocycles. The van der Waals surface area contributed by atoms with Crippen LogP contribution >= 0.6 is 0 Å². The van der Waals surface area contributed by atoms with Gasteiger partial charge in [0.25, 0.3) is 10.2 Å². The third-order valence-electron chi connectivity index (χ3n) is 3.49. The third kappa shape index (κ3) is 3.91. The van der Waals surface area contributed by atoms with Crippen LogP contribution in [0.3, 0.4) is 0 Å². The maximum absolute atomic E-state index is 12.3. The highest BCUT2D eigenvalue weighted by Crippen LogP contribution is 2.16. The van der Waals surface area contributed by atoms with E-state index < -0.39 is 10.2 Å². The molecule has 0 amide bonds. The second-order valence-corrected chi connectivity index (χ2v) is 6.65. The van der Waals surface area contributed by atoms with Crippen LogP contribution in [0.25, 0.3) is 0 Å². The zero-order valence-electron chi connectivity index (χ0n) is 11.9. The summed E-state index contributed by atoms with van der Waals surface area (Å²) in [6.45, 7) is 9.31. The van der Waals surface area contributed by atoms with Gasteiger partial charge in [-0.2, -0.15) is 17.0 Å².